The standard InChI is InChI=1S/C27H26BrNO5S/c1-3-7-22(30)18-29(17-19-10-13-23(14-11-19)35(2,33)34)27(32)24-15-12-21(28)16-25(24)26(31)20-8-5-4-6-9-20/h4-6,8-16H,3,7,17-18H2,1-2H3. The van der Waals surface area contributed by atoms with Gasteiger partial charge in [-0.25, -0.2) is 8.42 Å². The minimum atomic E-state index is -3.36. The zero-order valence-electron chi connectivity index (χ0n) is 19.5. The topological polar surface area (TPSA) is 88.6 Å². The van der Waals surface area contributed by atoms with Crippen molar-refractivity contribution in [3.63, 3.8) is 0 Å². The van der Waals surface area contributed by atoms with E-state index in [0.717, 1.165) is 6.26 Å². The number of carbonyl (C=O) groups is 3. The lowest BCUT2D eigenvalue weighted by Crippen LogP contribution is -2.36. The fraction of sp³-hybridized carbons (Fsp3) is 0.222. The van der Waals surface area contributed by atoms with E-state index in [1.807, 2.05) is 6.92 Å². The molecule has 0 spiro atoms. The maximum atomic E-state index is 13.7. The van der Waals surface area contributed by atoms with Crippen molar-refractivity contribution in [2.45, 2.75) is 31.2 Å². The number of nitrogens with zero attached hydrogens (tertiary/aromatic N) is 1. The van der Waals surface area contributed by atoms with Crippen molar-refractivity contribution in [3.05, 3.63) is 99.5 Å². The summed E-state index contributed by atoms with van der Waals surface area (Å²) >= 11 is 3.38. The molecule has 182 valence electrons. The molecule has 8 heteroatoms. The highest BCUT2D eigenvalue weighted by molar-refractivity contribution is 9.10. The monoisotopic (exact) mass is 555 g/mol. The molecule has 0 heterocycles. The number of amides is 1. The summed E-state index contributed by atoms with van der Waals surface area (Å²) in [4.78, 5) is 41.0. The van der Waals surface area contributed by atoms with Crippen LogP contribution in [-0.2, 0) is 21.2 Å². The number of Topliss-reactive ketones (excluding diaryl/α,β-unsaturated/α-hetero) is 1. The molecule has 0 saturated carbocycles. The molecule has 6 nitrogen and oxygen atoms in total. The quantitative estimate of drug-likeness (QED) is 0.325. The smallest absolute Gasteiger partial charge is 0.255 e. The third kappa shape index (κ3) is 6.96. The van der Waals surface area contributed by atoms with Gasteiger partial charge in [0.2, 0.25) is 0 Å². The zero-order valence-corrected chi connectivity index (χ0v) is 21.9. The molecular weight excluding hydrogens is 530 g/mol. The first-order valence-corrected chi connectivity index (χ1v) is 13.8. The second-order valence-corrected chi connectivity index (χ2v) is 11.2. The number of halogens is 1. The van der Waals surface area contributed by atoms with Gasteiger partial charge in [-0.3, -0.25) is 14.4 Å². The molecule has 0 fully saturated rings. The predicted octanol–water partition coefficient (Wildman–Crippen LogP) is 5.10. The number of sulfone groups is 1. The van der Waals surface area contributed by atoms with Gasteiger partial charge in [0.05, 0.1) is 17.0 Å². The fourth-order valence-electron chi connectivity index (χ4n) is 3.64. The van der Waals surface area contributed by atoms with Gasteiger partial charge in [-0.1, -0.05) is 65.3 Å². The molecule has 0 aliphatic rings. The van der Waals surface area contributed by atoms with E-state index in [-0.39, 0.29) is 40.7 Å². The van der Waals surface area contributed by atoms with Crippen LogP contribution in [0.4, 0.5) is 0 Å². The number of hydrogen-bond acceptors (Lipinski definition) is 5. The summed E-state index contributed by atoms with van der Waals surface area (Å²) in [5.41, 5.74) is 1.54. The van der Waals surface area contributed by atoms with Crippen molar-refractivity contribution >= 4 is 43.2 Å². The van der Waals surface area contributed by atoms with Gasteiger partial charge in [0.15, 0.2) is 21.4 Å². The van der Waals surface area contributed by atoms with E-state index < -0.39 is 15.7 Å². The molecule has 35 heavy (non-hydrogen) atoms. The van der Waals surface area contributed by atoms with Gasteiger partial charge in [-0.15, -0.1) is 0 Å². The fourth-order valence-corrected chi connectivity index (χ4v) is 4.63. The summed E-state index contributed by atoms with van der Waals surface area (Å²) < 4.78 is 24.2. The molecule has 0 radical (unpaired) electrons. The van der Waals surface area contributed by atoms with Crippen molar-refractivity contribution in [3.8, 4) is 0 Å². The Kier molecular flexibility index (Phi) is 8.75. The van der Waals surface area contributed by atoms with E-state index >= 15 is 0 Å². The van der Waals surface area contributed by atoms with Crippen molar-refractivity contribution in [1.82, 2.24) is 4.90 Å². The first kappa shape index (κ1) is 26.5. The highest BCUT2D eigenvalue weighted by atomic mass is 79.9. The third-order valence-electron chi connectivity index (χ3n) is 5.40. The Balaban J connectivity index is 1.99. The second-order valence-electron chi connectivity index (χ2n) is 8.25. The van der Waals surface area contributed by atoms with Crippen LogP contribution >= 0.6 is 15.9 Å². The van der Waals surface area contributed by atoms with Crippen molar-refractivity contribution in [2.24, 2.45) is 0 Å². The Hall–Kier alpha value is -3.10. The van der Waals surface area contributed by atoms with Crippen LogP contribution in [0, 0.1) is 0 Å². The first-order chi connectivity index (χ1) is 16.6. The van der Waals surface area contributed by atoms with E-state index in [2.05, 4.69) is 15.9 Å². The normalized spacial score (nSPS) is 11.2. The summed E-state index contributed by atoms with van der Waals surface area (Å²) in [6, 6.07) is 19.7. The molecule has 0 N–H and O–H groups in total. The van der Waals surface area contributed by atoms with E-state index in [4.69, 9.17) is 0 Å². The molecule has 3 aromatic carbocycles. The summed E-state index contributed by atoms with van der Waals surface area (Å²) in [5.74, 6) is -0.845. The van der Waals surface area contributed by atoms with E-state index in [9.17, 15) is 22.8 Å². The van der Waals surface area contributed by atoms with Crippen LogP contribution in [0.25, 0.3) is 0 Å². The van der Waals surface area contributed by atoms with E-state index in [1.165, 1.54) is 17.0 Å². The molecule has 0 saturated heterocycles. The van der Waals surface area contributed by atoms with Crippen LogP contribution < -0.4 is 0 Å². The average Bonchev–Trinajstić information content (AvgIpc) is 2.83. The highest BCUT2D eigenvalue weighted by Gasteiger charge is 2.25. The lowest BCUT2D eigenvalue weighted by atomic mass is 9.97. The predicted molar refractivity (Wildman–Crippen MR) is 138 cm³/mol. The summed E-state index contributed by atoms with van der Waals surface area (Å²) in [6.45, 7) is 1.86. The SMILES string of the molecule is CCCC(=O)CN(Cc1ccc(S(C)(=O)=O)cc1)C(=O)c1ccc(Br)cc1C(=O)c1ccccc1. The van der Waals surface area contributed by atoms with Gasteiger partial charge in [-0.2, -0.15) is 0 Å². The number of benzene rings is 3. The number of hydrogen-bond donors (Lipinski definition) is 0. The largest absolute Gasteiger partial charge is 0.327 e. The zero-order chi connectivity index (χ0) is 25.6. The van der Waals surface area contributed by atoms with Crippen molar-refractivity contribution in [2.75, 3.05) is 12.8 Å². The Labute approximate surface area is 214 Å². The number of ketones is 2. The third-order valence-corrected chi connectivity index (χ3v) is 7.02. The van der Waals surface area contributed by atoms with Crippen LogP contribution in [0.15, 0.2) is 82.2 Å². The van der Waals surface area contributed by atoms with Crippen LogP contribution in [0.5, 0.6) is 0 Å². The molecule has 0 atom stereocenters. The molecule has 1 amide bonds. The Morgan fingerprint density at radius 2 is 1.54 bits per heavy atom. The number of rotatable bonds is 10. The first-order valence-electron chi connectivity index (χ1n) is 11.1. The van der Waals surface area contributed by atoms with Crippen molar-refractivity contribution in [1.29, 1.82) is 0 Å². The second kappa shape index (κ2) is 11.6. The minimum absolute atomic E-state index is 0.0906. The van der Waals surface area contributed by atoms with Crippen LogP contribution in [-0.4, -0.2) is 43.6 Å². The molecule has 0 bridgehead atoms. The number of carbonyl (C=O) groups excluding carboxylic acids is 3. The van der Waals surface area contributed by atoms with Gasteiger partial charge in [-0.05, 0) is 42.3 Å². The van der Waals surface area contributed by atoms with E-state index in [1.54, 1.807) is 60.7 Å². The van der Waals surface area contributed by atoms with Gasteiger partial charge in [0.1, 0.15) is 0 Å². The maximum absolute atomic E-state index is 13.7. The van der Waals surface area contributed by atoms with E-state index in [0.29, 0.717) is 28.4 Å². The molecule has 0 unspecified atom stereocenters. The van der Waals surface area contributed by atoms with Gasteiger partial charge >= 0.3 is 0 Å². The summed E-state index contributed by atoms with van der Waals surface area (Å²) in [6.07, 6.45) is 2.10. The van der Waals surface area contributed by atoms with Gasteiger partial charge in [0.25, 0.3) is 5.91 Å². The molecule has 3 aromatic rings. The Bertz CT molecular complexity index is 1340. The van der Waals surface area contributed by atoms with Gasteiger partial charge in [0, 0.05) is 34.8 Å². The highest BCUT2D eigenvalue weighted by Crippen LogP contribution is 2.23. The summed E-state index contributed by atoms with van der Waals surface area (Å²) in [5, 5.41) is 0. The molecule has 0 aliphatic heterocycles. The summed E-state index contributed by atoms with van der Waals surface area (Å²) in [7, 11) is -3.36. The van der Waals surface area contributed by atoms with Crippen LogP contribution in [0.2, 0.25) is 0 Å². The van der Waals surface area contributed by atoms with Crippen molar-refractivity contribution < 1.29 is 22.8 Å². The lowest BCUT2D eigenvalue weighted by molar-refractivity contribution is -0.119. The van der Waals surface area contributed by atoms with Gasteiger partial charge < -0.3 is 4.90 Å². The Morgan fingerprint density at radius 3 is 2.14 bits per heavy atom. The lowest BCUT2D eigenvalue weighted by Gasteiger charge is -2.23. The van der Waals surface area contributed by atoms with Crippen LogP contribution in [0.3, 0.4) is 0 Å². The average molecular weight is 556 g/mol. The maximum Gasteiger partial charge on any atom is 0.255 e. The molecular formula is C27H26BrNO5S. The molecule has 0 aliphatic carbocycles. The Morgan fingerprint density at radius 1 is 0.886 bits per heavy atom. The van der Waals surface area contributed by atoms with Crippen LogP contribution in [0.1, 0.15) is 51.6 Å². The molecule has 3 rings (SSSR count). The minimum Gasteiger partial charge on any atom is -0.327 e. The molecule has 0 aromatic heterocycles.